The van der Waals surface area contributed by atoms with Crippen molar-refractivity contribution >= 4 is 11.9 Å². The minimum Gasteiger partial charge on any atom is -0.464 e. The van der Waals surface area contributed by atoms with Crippen molar-refractivity contribution in [2.75, 3.05) is 6.61 Å². The lowest BCUT2D eigenvalue weighted by molar-refractivity contribution is -0.146. The minimum atomic E-state index is -0.542. The van der Waals surface area contributed by atoms with Gasteiger partial charge in [0.2, 0.25) is 5.91 Å². The average molecular weight is 201 g/mol. The van der Waals surface area contributed by atoms with E-state index in [1.54, 1.807) is 13.8 Å². The summed E-state index contributed by atoms with van der Waals surface area (Å²) in [6, 6.07) is -0.542. The molecule has 0 saturated heterocycles. The van der Waals surface area contributed by atoms with Crippen LogP contribution in [0.3, 0.4) is 0 Å². The maximum absolute atomic E-state index is 11.2. The largest absolute Gasteiger partial charge is 0.464 e. The topological polar surface area (TPSA) is 55.4 Å². The van der Waals surface area contributed by atoms with Gasteiger partial charge in [-0.1, -0.05) is 13.3 Å². The maximum atomic E-state index is 11.2. The number of hydrogen-bond donors (Lipinski definition) is 1. The van der Waals surface area contributed by atoms with E-state index in [9.17, 15) is 9.59 Å². The molecule has 4 nitrogen and oxygen atoms in total. The summed E-state index contributed by atoms with van der Waals surface area (Å²) >= 11 is 0. The summed E-state index contributed by atoms with van der Waals surface area (Å²) in [5.41, 5.74) is 0. The zero-order valence-corrected chi connectivity index (χ0v) is 9.13. The van der Waals surface area contributed by atoms with Crippen LogP contribution in [0.1, 0.15) is 40.0 Å². The fraction of sp³-hybridized carbons (Fsp3) is 0.800. The fourth-order valence-electron chi connectivity index (χ4n) is 0.977. The van der Waals surface area contributed by atoms with Gasteiger partial charge in [-0.15, -0.1) is 0 Å². The van der Waals surface area contributed by atoms with Gasteiger partial charge in [0, 0.05) is 6.42 Å². The van der Waals surface area contributed by atoms with Gasteiger partial charge in [0.25, 0.3) is 0 Å². The van der Waals surface area contributed by atoms with Gasteiger partial charge in [0.05, 0.1) is 6.61 Å². The van der Waals surface area contributed by atoms with E-state index in [-0.39, 0.29) is 11.9 Å². The van der Waals surface area contributed by atoms with Crippen molar-refractivity contribution in [2.45, 2.75) is 46.1 Å². The molecule has 1 unspecified atom stereocenters. The second-order valence-electron chi connectivity index (χ2n) is 3.14. The molecule has 1 amide bonds. The predicted molar refractivity (Wildman–Crippen MR) is 53.8 cm³/mol. The molecule has 0 saturated carbocycles. The molecular weight excluding hydrogens is 182 g/mol. The van der Waals surface area contributed by atoms with Crippen LogP contribution in [0.25, 0.3) is 0 Å². The van der Waals surface area contributed by atoms with Crippen molar-refractivity contribution in [2.24, 2.45) is 0 Å². The summed E-state index contributed by atoms with van der Waals surface area (Å²) in [6.45, 7) is 5.72. The van der Waals surface area contributed by atoms with Crippen LogP contribution in [0.4, 0.5) is 0 Å². The zero-order chi connectivity index (χ0) is 11.0. The third-order valence-corrected chi connectivity index (χ3v) is 1.78. The number of ether oxygens (including phenoxy) is 1. The molecule has 0 bridgehead atoms. The van der Waals surface area contributed by atoms with Gasteiger partial charge in [-0.25, -0.2) is 4.79 Å². The quantitative estimate of drug-likeness (QED) is 0.658. The molecule has 0 aromatic carbocycles. The number of carbonyl (C=O) groups is 2. The first-order valence-corrected chi connectivity index (χ1v) is 5.07. The van der Waals surface area contributed by atoms with E-state index >= 15 is 0 Å². The smallest absolute Gasteiger partial charge is 0.328 e. The van der Waals surface area contributed by atoms with Gasteiger partial charge < -0.3 is 10.1 Å². The number of unbranched alkanes of at least 4 members (excludes halogenated alkanes) is 1. The summed E-state index contributed by atoms with van der Waals surface area (Å²) in [5.74, 6) is -0.468. The second-order valence-corrected chi connectivity index (χ2v) is 3.14. The first-order chi connectivity index (χ1) is 6.61. The van der Waals surface area contributed by atoms with Crippen LogP contribution in [0.5, 0.6) is 0 Å². The number of nitrogens with one attached hydrogen (secondary N) is 1. The first kappa shape index (κ1) is 12.9. The second kappa shape index (κ2) is 7.35. The predicted octanol–water partition coefficient (Wildman–Crippen LogP) is 1.24. The molecule has 0 aromatic heterocycles. The number of esters is 1. The Kier molecular flexibility index (Phi) is 6.80. The molecule has 1 N–H and O–H groups in total. The Hall–Kier alpha value is -1.06. The number of carbonyl (C=O) groups excluding carboxylic acids is 2. The van der Waals surface area contributed by atoms with E-state index < -0.39 is 6.04 Å². The molecule has 1 atom stereocenters. The highest BCUT2D eigenvalue weighted by Gasteiger charge is 2.15. The van der Waals surface area contributed by atoms with Gasteiger partial charge in [-0.3, -0.25) is 4.79 Å². The molecule has 0 fully saturated rings. The monoisotopic (exact) mass is 201 g/mol. The van der Waals surface area contributed by atoms with Gasteiger partial charge in [-0.05, 0) is 20.3 Å². The molecule has 0 aliphatic carbocycles. The van der Waals surface area contributed by atoms with Crippen molar-refractivity contribution in [1.29, 1.82) is 0 Å². The highest BCUT2D eigenvalue weighted by molar-refractivity contribution is 5.84. The molecule has 0 spiro atoms. The molecular formula is C10H19NO3. The van der Waals surface area contributed by atoms with Crippen LogP contribution in [0.15, 0.2) is 0 Å². The molecule has 0 aromatic rings. The summed E-state index contributed by atoms with van der Waals surface area (Å²) in [6.07, 6.45) is 2.29. The van der Waals surface area contributed by atoms with E-state index in [1.807, 2.05) is 6.92 Å². The van der Waals surface area contributed by atoms with Gasteiger partial charge >= 0.3 is 5.97 Å². The van der Waals surface area contributed by atoms with Crippen molar-refractivity contribution in [1.82, 2.24) is 5.32 Å². The lowest BCUT2D eigenvalue weighted by atomic mass is 10.2. The van der Waals surface area contributed by atoms with Crippen molar-refractivity contribution in [3.05, 3.63) is 0 Å². The molecule has 0 radical (unpaired) electrons. The fourth-order valence-corrected chi connectivity index (χ4v) is 0.977. The van der Waals surface area contributed by atoms with Crippen molar-refractivity contribution < 1.29 is 14.3 Å². The molecule has 0 aliphatic heterocycles. The Morgan fingerprint density at radius 3 is 2.50 bits per heavy atom. The average Bonchev–Trinajstić information content (AvgIpc) is 2.15. The van der Waals surface area contributed by atoms with Crippen LogP contribution in [0.2, 0.25) is 0 Å². The molecule has 0 heterocycles. The maximum Gasteiger partial charge on any atom is 0.328 e. The Labute approximate surface area is 85.0 Å². The Balaban J connectivity index is 3.75. The number of amides is 1. The third kappa shape index (κ3) is 5.56. The summed E-state index contributed by atoms with van der Waals surface area (Å²) in [7, 11) is 0. The van der Waals surface area contributed by atoms with Gasteiger partial charge in [0.15, 0.2) is 0 Å². The molecule has 82 valence electrons. The van der Waals surface area contributed by atoms with Crippen molar-refractivity contribution in [3.8, 4) is 0 Å². The summed E-state index contributed by atoms with van der Waals surface area (Å²) in [5, 5.41) is 2.59. The number of rotatable bonds is 6. The summed E-state index contributed by atoms with van der Waals surface area (Å²) in [4.78, 5) is 22.3. The lowest BCUT2D eigenvalue weighted by Crippen LogP contribution is -2.39. The Morgan fingerprint density at radius 1 is 1.36 bits per heavy atom. The Bertz CT molecular complexity index is 192. The molecule has 0 aliphatic rings. The van der Waals surface area contributed by atoms with E-state index in [1.165, 1.54) is 0 Å². The van der Waals surface area contributed by atoms with E-state index in [0.29, 0.717) is 13.0 Å². The first-order valence-electron chi connectivity index (χ1n) is 5.07. The standard InChI is InChI=1S/C10H19NO3/c1-4-6-7-9(12)11-8(3)10(13)14-5-2/h8H,4-7H2,1-3H3,(H,11,12). The van der Waals surface area contributed by atoms with E-state index in [4.69, 9.17) is 4.74 Å². The highest BCUT2D eigenvalue weighted by atomic mass is 16.5. The third-order valence-electron chi connectivity index (χ3n) is 1.78. The van der Waals surface area contributed by atoms with Gasteiger partial charge in [-0.2, -0.15) is 0 Å². The van der Waals surface area contributed by atoms with E-state index in [2.05, 4.69) is 5.32 Å². The number of hydrogen-bond acceptors (Lipinski definition) is 3. The normalized spacial score (nSPS) is 11.9. The molecule has 4 heteroatoms. The van der Waals surface area contributed by atoms with Gasteiger partial charge in [0.1, 0.15) is 6.04 Å². The summed E-state index contributed by atoms with van der Waals surface area (Å²) < 4.78 is 4.76. The van der Waals surface area contributed by atoms with Crippen LogP contribution >= 0.6 is 0 Å². The van der Waals surface area contributed by atoms with Crippen LogP contribution in [-0.4, -0.2) is 24.5 Å². The Morgan fingerprint density at radius 2 is 2.00 bits per heavy atom. The van der Waals surface area contributed by atoms with Crippen LogP contribution in [0, 0.1) is 0 Å². The molecule has 14 heavy (non-hydrogen) atoms. The minimum absolute atomic E-state index is 0.0904. The van der Waals surface area contributed by atoms with Crippen molar-refractivity contribution in [3.63, 3.8) is 0 Å². The van der Waals surface area contributed by atoms with E-state index in [0.717, 1.165) is 12.8 Å². The van der Waals surface area contributed by atoms with Crippen LogP contribution < -0.4 is 5.32 Å². The van der Waals surface area contributed by atoms with Crippen LogP contribution in [-0.2, 0) is 14.3 Å². The molecule has 0 rings (SSSR count). The lowest BCUT2D eigenvalue weighted by Gasteiger charge is -2.12. The zero-order valence-electron chi connectivity index (χ0n) is 9.13. The highest BCUT2D eigenvalue weighted by Crippen LogP contribution is 1.95. The SMILES string of the molecule is CCCCC(=O)NC(C)C(=O)OCC.